The normalized spacial score (nSPS) is 15.1. The van der Waals surface area contributed by atoms with Crippen molar-refractivity contribution in [1.82, 2.24) is 4.98 Å². The van der Waals surface area contributed by atoms with Crippen LogP contribution in [-0.4, -0.2) is 37.1 Å². The predicted molar refractivity (Wildman–Crippen MR) is 115 cm³/mol. The summed E-state index contributed by atoms with van der Waals surface area (Å²) in [4.78, 5) is 24.4. The molecular weight excluding hydrogens is 388 g/mol. The Labute approximate surface area is 170 Å². The van der Waals surface area contributed by atoms with Gasteiger partial charge in [0.2, 0.25) is 0 Å². The molecular formula is C21H22N4O3S. The van der Waals surface area contributed by atoms with E-state index in [1.807, 2.05) is 6.07 Å². The molecule has 1 aliphatic rings. The molecule has 1 fully saturated rings. The Morgan fingerprint density at radius 1 is 1.21 bits per heavy atom. The first kappa shape index (κ1) is 20.6. The topological polar surface area (TPSA) is 101 Å². The van der Waals surface area contributed by atoms with E-state index < -0.39 is 9.84 Å². The van der Waals surface area contributed by atoms with Crippen molar-refractivity contribution >= 4 is 34.1 Å². The summed E-state index contributed by atoms with van der Waals surface area (Å²) in [5.74, 6) is 0.518. The smallest absolute Gasteiger partial charge is 0.254 e. The molecule has 7 nitrogen and oxygen atoms in total. The summed E-state index contributed by atoms with van der Waals surface area (Å²) in [6.07, 6.45) is 4.47. The number of sulfone groups is 1. The predicted octanol–water partition coefficient (Wildman–Crippen LogP) is 3.65. The SMILES string of the molecule is C=N/C(C)=N\C=C(/C)C(=O)Nc1ccc(-c2cccc(S(=O)(=O)C3CC3)c2)cn1. The molecule has 2 aromatic rings. The summed E-state index contributed by atoms with van der Waals surface area (Å²) in [6.45, 7) is 6.68. The third kappa shape index (κ3) is 5.03. The third-order valence-electron chi connectivity index (χ3n) is 4.50. The van der Waals surface area contributed by atoms with Gasteiger partial charge in [-0.25, -0.2) is 23.4 Å². The van der Waals surface area contributed by atoms with Gasteiger partial charge in [0.1, 0.15) is 11.7 Å². The summed E-state index contributed by atoms with van der Waals surface area (Å²) in [7, 11) is -3.25. The molecule has 1 N–H and O–H groups in total. The van der Waals surface area contributed by atoms with Crippen LogP contribution in [0.5, 0.6) is 0 Å². The van der Waals surface area contributed by atoms with Crippen molar-refractivity contribution < 1.29 is 13.2 Å². The first-order valence-electron chi connectivity index (χ1n) is 9.11. The van der Waals surface area contributed by atoms with E-state index in [1.165, 1.54) is 6.20 Å². The number of amidine groups is 1. The highest BCUT2D eigenvalue weighted by Gasteiger charge is 2.36. The number of nitrogens with one attached hydrogen (secondary N) is 1. The summed E-state index contributed by atoms with van der Waals surface area (Å²) < 4.78 is 24.9. The number of carbonyl (C=O) groups excluding carboxylic acids is 1. The monoisotopic (exact) mass is 410 g/mol. The Kier molecular flexibility index (Phi) is 6.03. The van der Waals surface area contributed by atoms with Crippen LogP contribution in [0.4, 0.5) is 5.82 Å². The summed E-state index contributed by atoms with van der Waals surface area (Å²) in [5.41, 5.74) is 1.92. The standard InChI is InChI=1S/C21H22N4O3S/c1-14(12-23-15(2)22-3)21(26)25-20-10-7-17(13-24-20)16-5-4-6-19(11-16)29(27,28)18-8-9-18/h4-7,10-13,18H,3,8-9H2,1-2H3,(H,24,25,26)/b14-12+,23-15-. The molecule has 1 saturated carbocycles. The maximum atomic E-state index is 12.4. The first-order valence-corrected chi connectivity index (χ1v) is 10.7. The highest BCUT2D eigenvalue weighted by molar-refractivity contribution is 7.92. The van der Waals surface area contributed by atoms with Gasteiger partial charge >= 0.3 is 0 Å². The minimum absolute atomic E-state index is 0.250. The van der Waals surface area contributed by atoms with Crippen molar-refractivity contribution in [1.29, 1.82) is 0 Å². The molecule has 0 saturated heterocycles. The van der Waals surface area contributed by atoms with Gasteiger partial charge in [0.15, 0.2) is 9.84 Å². The van der Waals surface area contributed by atoms with E-state index >= 15 is 0 Å². The lowest BCUT2D eigenvalue weighted by Gasteiger charge is -2.08. The number of amides is 1. The number of aromatic nitrogens is 1. The van der Waals surface area contributed by atoms with Crippen LogP contribution in [0.1, 0.15) is 26.7 Å². The molecule has 0 spiro atoms. The van der Waals surface area contributed by atoms with E-state index in [9.17, 15) is 13.2 Å². The van der Waals surface area contributed by atoms with E-state index in [2.05, 4.69) is 27.0 Å². The van der Waals surface area contributed by atoms with Gasteiger partial charge in [-0.05, 0) is 63.2 Å². The largest absolute Gasteiger partial charge is 0.307 e. The zero-order valence-electron chi connectivity index (χ0n) is 16.3. The summed E-state index contributed by atoms with van der Waals surface area (Å²) in [5, 5.41) is 2.44. The van der Waals surface area contributed by atoms with Crippen LogP contribution < -0.4 is 5.32 Å². The lowest BCUT2D eigenvalue weighted by Crippen LogP contribution is -2.13. The van der Waals surface area contributed by atoms with Crippen molar-refractivity contribution in [3.63, 3.8) is 0 Å². The molecule has 8 heteroatoms. The molecule has 29 heavy (non-hydrogen) atoms. The third-order valence-corrected chi connectivity index (χ3v) is 6.76. The van der Waals surface area contributed by atoms with E-state index in [0.717, 1.165) is 24.0 Å². The van der Waals surface area contributed by atoms with Crippen LogP contribution in [0, 0.1) is 0 Å². The number of benzene rings is 1. The average Bonchev–Trinajstić information content (AvgIpc) is 3.58. The fourth-order valence-corrected chi connectivity index (χ4v) is 4.27. The van der Waals surface area contributed by atoms with E-state index in [1.54, 1.807) is 50.4 Å². The number of aliphatic imine (C=N–C) groups is 2. The van der Waals surface area contributed by atoms with Crippen LogP contribution in [0.3, 0.4) is 0 Å². The molecule has 0 bridgehead atoms. The maximum Gasteiger partial charge on any atom is 0.254 e. The highest BCUT2D eigenvalue weighted by atomic mass is 32.2. The Balaban J connectivity index is 1.74. The number of carbonyl (C=O) groups is 1. The van der Waals surface area contributed by atoms with Gasteiger partial charge in [-0.15, -0.1) is 0 Å². The molecule has 1 aromatic carbocycles. The number of hydrogen-bond acceptors (Lipinski definition) is 5. The molecule has 0 atom stereocenters. The van der Waals surface area contributed by atoms with E-state index in [-0.39, 0.29) is 11.2 Å². The van der Waals surface area contributed by atoms with Crippen LogP contribution in [0.15, 0.2) is 69.2 Å². The molecule has 3 rings (SSSR count). The summed E-state index contributed by atoms with van der Waals surface area (Å²) in [6, 6.07) is 10.3. The lowest BCUT2D eigenvalue weighted by atomic mass is 10.1. The van der Waals surface area contributed by atoms with E-state index in [0.29, 0.717) is 22.1 Å². The van der Waals surface area contributed by atoms with Gasteiger partial charge in [0, 0.05) is 23.5 Å². The Bertz CT molecular complexity index is 1100. The molecule has 0 radical (unpaired) electrons. The van der Waals surface area contributed by atoms with Crippen molar-refractivity contribution in [3.05, 3.63) is 54.4 Å². The molecule has 1 aromatic heterocycles. The summed E-state index contributed by atoms with van der Waals surface area (Å²) >= 11 is 0. The second-order valence-corrected chi connectivity index (χ2v) is 9.03. The Morgan fingerprint density at radius 3 is 2.59 bits per heavy atom. The number of nitrogens with zero attached hydrogens (tertiary/aromatic N) is 3. The fraction of sp³-hybridized carbons (Fsp3) is 0.238. The molecule has 0 unspecified atom stereocenters. The fourth-order valence-electron chi connectivity index (χ4n) is 2.57. The molecule has 1 aliphatic carbocycles. The molecule has 150 valence electrons. The van der Waals surface area contributed by atoms with Crippen LogP contribution in [-0.2, 0) is 14.6 Å². The van der Waals surface area contributed by atoms with Crippen LogP contribution in [0.2, 0.25) is 0 Å². The Hall–Kier alpha value is -3.13. The minimum Gasteiger partial charge on any atom is -0.307 e. The lowest BCUT2D eigenvalue weighted by molar-refractivity contribution is -0.112. The van der Waals surface area contributed by atoms with Crippen LogP contribution in [0.25, 0.3) is 11.1 Å². The quantitative estimate of drug-likeness (QED) is 0.446. The number of hydrogen-bond donors (Lipinski definition) is 1. The molecule has 1 amide bonds. The van der Waals surface area contributed by atoms with Crippen molar-refractivity contribution in [2.75, 3.05) is 5.32 Å². The first-order chi connectivity index (χ1) is 13.8. The maximum absolute atomic E-state index is 12.4. The number of rotatable bonds is 6. The van der Waals surface area contributed by atoms with Gasteiger partial charge < -0.3 is 5.32 Å². The van der Waals surface area contributed by atoms with Gasteiger partial charge in [-0.3, -0.25) is 4.79 Å². The second kappa shape index (κ2) is 8.48. The molecule has 0 aliphatic heterocycles. The second-order valence-electron chi connectivity index (χ2n) is 6.80. The van der Waals surface area contributed by atoms with Crippen molar-refractivity contribution in [3.8, 4) is 11.1 Å². The van der Waals surface area contributed by atoms with Crippen molar-refractivity contribution in [2.24, 2.45) is 9.98 Å². The number of pyridine rings is 1. The highest BCUT2D eigenvalue weighted by Crippen LogP contribution is 2.34. The molecule has 1 heterocycles. The van der Waals surface area contributed by atoms with Gasteiger partial charge in [0.05, 0.1) is 10.1 Å². The Morgan fingerprint density at radius 2 is 1.97 bits per heavy atom. The van der Waals surface area contributed by atoms with Gasteiger partial charge in [0.25, 0.3) is 5.91 Å². The van der Waals surface area contributed by atoms with Gasteiger partial charge in [-0.2, -0.15) is 0 Å². The average molecular weight is 410 g/mol. The zero-order valence-corrected chi connectivity index (χ0v) is 17.1. The number of anilines is 1. The van der Waals surface area contributed by atoms with Crippen molar-refractivity contribution in [2.45, 2.75) is 36.8 Å². The minimum atomic E-state index is -3.25. The van der Waals surface area contributed by atoms with Gasteiger partial charge in [-0.1, -0.05) is 12.1 Å². The van der Waals surface area contributed by atoms with Crippen LogP contribution >= 0.6 is 0 Å². The zero-order chi connectivity index (χ0) is 21.0. The van der Waals surface area contributed by atoms with E-state index in [4.69, 9.17) is 0 Å².